The van der Waals surface area contributed by atoms with E-state index in [1.165, 1.54) is 6.08 Å². The number of piperazine rings is 1. The molecule has 1 atom stereocenters. The Bertz CT molecular complexity index is 1360. The van der Waals surface area contributed by atoms with Crippen molar-refractivity contribution in [1.82, 2.24) is 19.8 Å². The van der Waals surface area contributed by atoms with Gasteiger partial charge in [-0.2, -0.15) is 9.97 Å². The number of rotatable bonds is 8. The number of phenols is 1. The molecule has 3 heterocycles. The molecule has 10 heteroatoms. The van der Waals surface area contributed by atoms with Crippen LogP contribution in [0.4, 0.5) is 11.5 Å². The average molecular weight is 533 g/mol. The van der Waals surface area contributed by atoms with Gasteiger partial charge >= 0.3 is 6.01 Å². The van der Waals surface area contributed by atoms with E-state index in [0.717, 1.165) is 46.6 Å². The lowest BCUT2D eigenvalue weighted by Gasteiger charge is -2.42. The molecule has 2 aromatic carbocycles. The first kappa shape index (κ1) is 26.7. The highest BCUT2D eigenvalue weighted by atomic mass is 16.5. The molecular weight excluding hydrogens is 496 g/mol. The number of nitrogens with zero attached hydrogens (tertiary/aromatic N) is 6. The zero-order valence-corrected chi connectivity index (χ0v) is 22.6. The van der Waals surface area contributed by atoms with Crippen LogP contribution in [0.2, 0.25) is 0 Å². The highest BCUT2D eigenvalue weighted by Crippen LogP contribution is 2.36. The Labute approximate surface area is 228 Å². The average Bonchev–Trinajstić information content (AvgIpc) is 2.95. The summed E-state index contributed by atoms with van der Waals surface area (Å²) >= 11 is 0. The number of carbonyl (C=O) groups is 1. The van der Waals surface area contributed by atoms with Crippen molar-refractivity contribution in [3.8, 4) is 11.8 Å². The summed E-state index contributed by atoms with van der Waals surface area (Å²) < 4.78 is 6.00. The van der Waals surface area contributed by atoms with Crippen molar-refractivity contribution < 1.29 is 19.7 Å². The number of fused-ring (bicyclic) bond motifs is 2. The molecule has 0 radical (unpaired) electrons. The number of aliphatic hydroxyl groups excluding tert-OH is 1. The highest BCUT2D eigenvalue weighted by Gasteiger charge is 2.33. The Kier molecular flexibility index (Phi) is 7.85. The van der Waals surface area contributed by atoms with E-state index in [1.807, 2.05) is 43.3 Å². The quantitative estimate of drug-likeness (QED) is 0.422. The van der Waals surface area contributed by atoms with Gasteiger partial charge in [-0.1, -0.05) is 30.8 Å². The van der Waals surface area contributed by atoms with Crippen molar-refractivity contribution in [2.75, 3.05) is 69.8 Å². The van der Waals surface area contributed by atoms with Gasteiger partial charge in [0.25, 0.3) is 0 Å². The van der Waals surface area contributed by atoms with Gasteiger partial charge in [-0.15, -0.1) is 0 Å². The number of carbonyl (C=O) groups excluding carboxylic acids is 1. The van der Waals surface area contributed by atoms with E-state index in [9.17, 15) is 15.0 Å². The summed E-state index contributed by atoms with van der Waals surface area (Å²) in [6.45, 7) is 7.41. The molecule has 0 saturated carbocycles. The second-order valence-corrected chi connectivity index (χ2v) is 10.3. The van der Waals surface area contributed by atoms with Crippen LogP contribution in [0.5, 0.6) is 11.8 Å². The van der Waals surface area contributed by atoms with Gasteiger partial charge in [0.15, 0.2) is 0 Å². The monoisotopic (exact) mass is 532 g/mol. The van der Waals surface area contributed by atoms with E-state index in [0.29, 0.717) is 45.2 Å². The molecule has 2 aliphatic rings. The largest absolute Gasteiger partial charge is 0.508 e. The number of phenolic OH excluding ortho intramolecular Hbond substituents is 1. The van der Waals surface area contributed by atoms with E-state index in [2.05, 4.69) is 22.4 Å². The topological polar surface area (TPSA) is 106 Å². The summed E-state index contributed by atoms with van der Waals surface area (Å²) in [5.41, 5.74) is 2.89. The Morgan fingerprint density at radius 2 is 2.00 bits per heavy atom. The molecule has 5 rings (SSSR count). The summed E-state index contributed by atoms with van der Waals surface area (Å²) in [6.07, 6.45) is 2.00. The first-order chi connectivity index (χ1) is 18.9. The van der Waals surface area contributed by atoms with Crippen molar-refractivity contribution in [2.24, 2.45) is 0 Å². The zero-order chi connectivity index (χ0) is 27.5. The van der Waals surface area contributed by atoms with Crippen molar-refractivity contribution in [2.45, 2.75) is 19.0 Å². The van der Waals surface area contributed by atoms with Crippen LogP contribution in [0, 0.1) is 0 Å². The van der Waals surface area contributed by atoms with Gasteiger partial charge in [-0.05, 0) is 38.0 Å². The summed E-state index contributed by atoms with van der Waals surface area (Å²) in [5, 5.41) is 22.5. The number of ether oxygens (including phenoxy) is 1. The van der Waals surface area contributed by atoms with E-state index in [4.69, 9.17) is 14.7 Å². The van der Waals surface area contributed by atoms with Crippen molar-refractivity contribution >= 4 is 28.2 Å². The van der Waals surface area contributed by atoms with Crippen molar-refractivity contribution in [3.05, 3.63) is 60.3 Å². The summed E-state index contributed by atoms with van der Waals surface area (Å²) in [6, 6.07) is 11.6. The fourth-order valence-electron chi connectivity index (χ4n) is 5.39. The summed E-state index contributed by atoms with van der Waals surface area (Å²) in [7, 11) is 3.97. The van der Waals surface area contributed by atoms with Crippen LogP contribution in [0.3, 0.4) is 0 Å². The number of aliphatic hydroxyl groups is 1. The predicted molar refractivity (Wildman–Crippen MR) is 151 cm³/mol. The molecule has 0 aliphatic carbocycles. The third kappa shape index (κ3) is 5.62. The Morgan fingerprint density at radius 3 is 2.77 bits per heavy atom. The van der Waals surface area contributed by atoms with Gasteiger partial charge in [0.05, 0.1) is 24.9 Å². The molecule has 2 N–H and O–H groups in total. The lowest BCUT2D eigenvalue weighted by molar-refractivity contribution is -0.129. The number of anilines is 2. The van der Waals surface area contributed by atoms with Crippen LogP contribution in [-0.4, -0.2) is 102 Å². The highest BCUT2D eigenvalue weighted by molar-refractivity contribution is 5.95. The van der Waals surface area contributed by atoms with Crippen molar-refractivity contribution in [3.63, 3.8) is 0 Å². The lowest BCUT2D eigenvalue weighted by atomic mass is 10.0. The Morgan fingerprint density at radius 1 is 1.18 bits per heavy atom. The van der Waals surface area contributed by atoms with E-state index in [-0.39, 0.29) is 24.3 Å². The minimum absolute atomic E-state index is 0.145. The van der Waals surface area contributed by atoms with Crippen LogP contribution in [0.25, 0.3) is 10.8 Å². The van der Waals surface area contributed by atoms with Crippen LogP contribution in [-0.2, 0) is 17.8 Å². The smallest absolute Gasteiger partial charge is 0.318 e. The van der Waals surface area contributed by atoms with Gasteiger partial charge in [-0.25, -0.2) is 0 Å². The summed E-state index contributed by atoms with van der Waals surface area (Å²) in [5.74, 6) is 0.845. The molecular formula is C29H36N6O4. The van der Waals surface area contributed by atoms with Gasteiger partial charge in [0, 0.05) is 55.4 Å². The fraction of sp³-hybridized carbons (Fsp3) is 0.414. The Hall–Kier alpha value is -3.89. The minimum atomic E-state index is -0.355. The molecule has 2 aliphatic heterocycles. The zero-order valence-electron chi connectivity index (χ0n) is 22.6. The number of likely N-dealkylation sites (N-methyl/N-ethyl adjacent to an activating group) is 1. The van der Waals surface area contributed by atoms with E-state index in [1.54, 1.807) is 11.0 Å². The lowest BCUT2D eigenvalue weighted by Crippen LogP contribution is -2.57. The normalized spacial score (nSPS) is 17.4. The third-order valence-corrected chi connectivity index (χ3v) is 7.41. The van der Waals surface area contributed by atoms with Gasteiger partial charge in [0.1, 0.15) is 18.2 Å². The van der Waals surface area contributed by atoms with Crippen LogP contribution < -0.4 is 14.5 Å². The number of aromatic hydroxyl groups is 1. The standard InChI is InChI=1S/C29H36N6O4/c1-4-27(38)35-12-11-34(17-21(35)19-36)28-24-9-10-33(18-25(24)30-29(31-28)39-14-13-32(2)3)26-16-22(37)15-20-7-5-6-8-23(20)26/h4-8,15-16,21,36-37H,1,9-14,17-19H2,2-3H3. The molecule has 206 valence electrons. The molecule has 3 aromatic rings. The first-order valence-corrected chi connectivity index (χ1v) is 13.3. The van der Waals surface area contributed by atoms with Crippen LogP contribution >= 0.6 is 0 Å². The second kappa shape index (κ2) is 11.5. The summed E-state index contributed by atoms with van der Waals surface area (Å²) in [4.78, 5) is 30.1. The number of hydrogen-bond donors (Lipinski definition) is 2. The van der Waals surface area contributed by atoms with Gasteiger partial charge in [-0.3, -0.25) is 4.79 Å². The Balaban J connectivity index is 1.48. The SMILES string of the molecule is C=CC(=O)N1CCN(c2nc(OCCN(C)C)nc3c2CCN(c2cc(O)cc4ccccc24)C3)CC1CO. The third-order valence-electron chi connectivity index (χ3n) is 7.41. The maximum atomic E-state index is 12.3. The number of aromatic nitrogens is 2. The van der Waals surface area contributed by atoms with Crippen molar-refractivity contribution in [1.29, 1.82) is 0 Å². The fourth-order valence-corrected chi connectivity index (χ4v) is 5.39. The maximum Gasteiger partial charge on any atom is 0.318 e. The van der Waals surface area contributed by atoms with Gasteiger partial charge < -0.3 is 34.5 Å². The number of hydrogen-bond acceptors (Lipinski definition) is 9. The van der Waals surface area contributed by atoms with E-state index >= 15 is 0 Å². The minimum Gasteiger partial charge on any atom is -0.508 e. The first-order valence-electron chi connectivity index (χ1n) is 13.3. The molecule has 1 fully saturated rings. The molecule has 1 amide bonds. The van der Waals surface area contributed by atoms with E-state index < -0.39 is 0 Å². The molecule has 1 aromatic heterocycles. The predicted octanol–water partition coefficient (Wildman–Crippen LogP) is 2.03. The molecule has 0 bridgehead atoms. The molecule has 10 nitrogen and oxygen atoms in total. The molecule has 1 unspecified atom stereocenters. The van der Waals surface area contributed by atoms with Crippen LogP contribution in [0.1, 0.15) is 11.3 Å². The molecule has 39 heavy (non-hydrogen) atoms. The number of amides is 1. The number of benzene rings is 2. The molecule has 0 spiro atoms. The van der Waals surface area contributed by atoms with Gasteiger partial charge in [0.2, 0.25) is 5.91 Å². The maximum absolute atomic E-state index is 12.3. The second-order valence-electron chi connectivity index (χ2n) is 10.3. The molecule has 1 saturated heterocycles. The van der Waals surface area contributed by atoms with Crippen LogP contribution in [0.15, 0.2) is 49.1 Å².